The quantitative estimate of drug-likeness (QED) is 0.761. The van der Waals surface area contributed by atoms with Gasteiger partial charge in [-0.15, -0.1) is 0 Å². The summed E-state index contributed by atoms with van der Waals surface area (Å²) in [6.07, 6.45) is 0. The van der Waals surface area contributed by atoms with Crippen LogP contribution in [0.15, 0.2) is 24.3 Å². The van der Waals surface area contributed by atoms with Crippen molar-refractivity contribution in [2.24, 2.45) is 5.92 Å². The lowest BCUT2D eigenvalue weighted by atomic mass is 10.0. The molecule has 0 bridgehead atoms. The van der Waals surface area contributed by atoms with Gasteiger partial charge in [0.1, 0.15) is 0 Å². The van der Waals surface area contributed by atoms with E-state index in [0.29, 0.717) is 12.5 Å². The molecule has 0 amide bonds. The summed E-state index contributed by atoms with van der Waals surface area (Å²) in [5, 5.41) is 12.6. The van der Waals surface area contributed by atoms with E-state index in [2.05, 4.69) is 43.4 Å². The summed E-state index contributed by atoms with van der Waals surface area (Å²) in [6, 6.07) is 8.49. The van der Waals surface area contributed by atoms with Crippen molar-refractivity contribution < 1.29 is 9.84 Å². The number of rotatable bonds is 7. The maximum Gasteiger partial charge on any atom is 0.0713 e. The molecule has 1 rings (SSSR count). The normalized spacial score (nSPS) is 13.0. The monoisotopic (exact) mass is 237 g/mol. The zero-order chi connectivity index (χ0) is 12.7. The van der Waals surface area contributed by atoms with Crippen molar-refractivity contribution in [1.29, 1.82) is 0 Å². The number of hydrogen-bond donors (Lipinski definition) is 2. The van der Waals surface area contributed by atoms with Gasteiger partial charge in [-0.3, -0.25) is 0 Å². The van der Waals surface area contributed by atoms with Crippen LogP contribution in [0.4, 0.5) is 0 Å². The van der Waals surface area contributed by atoms with Gasteiger partial charge < -0.3 is 15.2 Å². The van der Waals surface area contributed by atoms with Gasteiger partial charge in [-0.2, -0.15) is 0 Å². The van der Waals surface area contributed by atoms with Crippen molar-refractivity contribution in [1.82, 2.24) is 5.32 Å². The van der Waals surface area contributed by atoms with Gasteiger partial charge in [0.2, 0.25) is 0 Å². The lowest BCUT2D eigenvalue weighted by molar-refractivity contribution is 0.185. The molecule has 1 aromatic carbocycles. The summed E-state index contributed by atoms with van der Waals surface area (Å²) in [5.41, 5.74) is 2.41. The maximum atomic E-state index is 9.21. The Kier molecular flexibility index (Phi) is 6.19. The Labute approximate surface area is 104 Å². The molecule has 0 aliphatic carbocycles. The molecule has 96 valence electrons. The molecule has 0 aliphatic heterocycles. The molecule has 2 N–H and O–H groups in total. The molecule has 1 aromatic rings. The van der Waals surface area contributed by atoms with Crippen molar-refractivity contribution in [3.05, 3.63) is 35.4 Å². The van der Waals surface area contributed by atoms with Crippen LogP contribution in [0.25, 0.3) is 0 Å². The highest BCUT2D eigenvalue weighted by molar-refractivity contribution is 5.21. The van der Waals surface area contributed by atoms with Gasteiger partial charge >= 0.3 is 0 Å². The number of aliphatic hydroxyl groups is 1. The molecule has 0 aliphatic rings. The first-order valence-corrected chi connectivity index (χ1v) is 6.08. The minimum absolute atomic E-state index is 0.161. The van der Waals surface area contributed by atoms with Crippen molar-refractivity contribution in [2.45, 2.75) is 33.0 Å². The van der Waals surface area contributed by atoms with Gasteiger partial charge in [-0.05, 0) is 17.0 Å². The van der Waals surface area contributed by atoms with E-state index >= 15 is 0 Å². The summed E-state index contributed by atoms with van der Waals surface area (Å²) in [7, 11) is 1.70. The van der Waals surface area contributed by atoms with E-state index in [9.17, 15) is 5.11 Å². The fourth-order valence-corrected chi connectivity index (χ4v) is 1.68. The van der Waals surface area contributed by atoms with E-state index in [4.69, 9.17) is 4.74 Å². The minimum atomic E-state index is 0.161. The van der Waals surface area contributed by atoms with Crippen molar-refractivity contribution in [3.8, 4) is 0 Å². The predicted molar refractivity (Wildman–Crippen MR) is 69.7 cm³/mol. The fourth-order valence-electron chi connectivity index (χ4n) is 1.68. The third-order valence-corrected chi connectivity index (χ3v) is 2.90. The highest BCUT2D eigenvalue weighted by Crippen LogP contribution is 2.07. The molecule has 0 saturated carbocycles. The Bertz CT molecular complexity index is 309. The Hall–Kier alpha value is -0.900. The van der Waals surface area contributed by atoms with Crippen LogP contribution >= 0.6 is 0 Å². The smallest absolute Gasteiger partial charge is 0.0713 e. The first-order valence-electron chi connectivity index (χ1n) is 6.08. The average molecular weight is 237 g/mol. The van der Waals surface area contributed by atoms with Crippen molar-refractivity contribution >= 4 is 0 Å². The van der Waals surface area contributed by atoms with Gasteiger partial charge in [0.15, 0.2) is 0 Å². The second-order valence-corrected chi connectivity index (χ2v) is 4.66. The van der Waals surface area contributed by atoms with Crippen LogP contribution in [0.1, 0.15) is 25.0 Å². The molecule has 0 aromatic heterocycles. The summed E-state index contributed by atoms with van der Waals surface area (Å²) in [4.78, 5) is 0. The van der Waals surface area contributed by atoms with Gasteiger partial charge in [0.25, 0.3) is 0 Å². The molecule has 0 radical (unpaired) electrons. The average Bonchev–Trinajstić information content (AvgIpc) is 2.32. The summed E-state index contributed by atoms with van der Waals surface area (Å²) in [5.74, 6) is 0.438. The molecule has 17 heavy (non-hydrogen) atoms. The van der Waals surface area contributed by atoms with Gasteiger partial charge in [-0.25, -0.2) is 0 Å². The minimum Gasteiger partial charge on any atom is -0.395 e. The maximum absolute atomic E-state index is 9.21. The van der Waals surface area contributed by atoms with Gasteiger partial charge in [-0.1, -0.05) is 38.1 Å². The summed E-state index contributed by atoms with van der Waals surface area (Å²) in [6.45, 7) is 5.83. The largest absolute Gasteiger partial charge is 0.395 e. The molecule has 0 spiro atoms. The van der Waals surface area contributed by atoms with Crippen LogP contribution in [0.5, 0.6) is 0 Å². The third kappa shape index (κ3) is 4.86. The zero-order valence-electron chi connectivity index (χ0n) is 10.9. The molecule has 0 fully saturated rings. The lowest BCUT2D eigenvalue weighted by Gasteiger charge is -2.20. The first-order chi connectivity index (χ1) is 8.17. The van der Waals surface area contributed by atoms with Crippen LogP contribution < -0.4 is 5.32 Å². The van der Waals surface area contributed by atoms with E-state index in [1.807, 2.05) is 0 Å². The number of ether oxygens (including phenoxy) is 1. The Morgan fingerprint density at radius 1 is 1.18 bits per heavy atom. The predicted octanol–water partition coefficient (Wildman–Crippen LogP) is 1.94. The Morgan fingerprint density at radius 3 is 2.24 bits per heavy atom. The second kappa shape index (κ2) is 7.43. The first kappa shape index (κ1) is 14.2. The number of benzene rings is 1. The zero-order valence-corrected chi connectivity index (χ0v) is 10.9. The number of nitrogens with one attached hydrogen (secondary N) is 1. The fraction of sp³-hybridized carbons (Fsp3) is 0.571. The topological polar surface area (TPSA) is 41.5 Å². The third-order valence-electron chi connectivity index (χ3n) is 2.90. The SMILES string of the molecule is COCc1ccc(CN[C@H](CO)C(C)C)cc1. The highest BCUT2D eigenvalue weighted by Gasteiger charge is 2.10. The summed E-state index contributed by atoms with van der Waals surface area (Å²) >= 11 is 0. The molecule has 0 saturated heterocycles. The van der Waals surface area contributed by atoms with E-state index in [1.165, 1.54) is 11.1 Å². The summed E-state index contributed by atoms with van der Waals surface area (Å²) < 4.78 is 5.07. The van der Waals surface area contributed by atoms with E-state index in [1.54, 1.807) is 7.11 Å². The molecule has 3 nitrogen and oxygen atoms in total. The van der Waals surface area contributed by atoms with Gasteiger partial charge in [0.05, 0.1) is 13.2 Å². The molecular weight excluding hydrogens is 214 g/mol. The molecule has 3 heteroatoms. The van der Waals surface area contributed by atoms with Crippen LogP contribution in [0.3, 0.4) is 0 Å². The second-order valence-electron chi connectivity index (χ2n) is 4.66. The van der Waals surface area contributed by atoms with Crippen LogP contribution in [0, 0.1) is 5.92 Å². The van der Waals surface area contributed by atoms with Crippen LogP contribution in [-0.4, -0.2) is 24.9 Å². The van der Waals surface area contributed by atoms with E-state index in [0.717, 1.165) is 6.54 Å². The number of aliphatic hydroxyl groups excluding tert-OH is 1. The lowest BCUT2D eigenvalue weighted by Crippen LogP contribution is -2.36. The molecule has 0 heterocycles. The standard InChI is InChI=1S/C14H23NO2/c1-11(2)14(9-16)15-8-12-4-6-13(7-5-12)10-17-3/h4-7,11,14-16H,8-10H2,1-3H3/t14-/m1/s1. The van der Waals surface area contributed by atoms with Gasteiger partial charge in [0, 0.05) is 19.7 Å². The molecular formula is C14H23NO2. The molecule has 1 atom stereocenters. The Balaban J connectivity index is 2.46. The van der Waals surface area contributed by atoms with Crippen molar-refractivity contribution in [3.63, 3.8) is 0 Å². The molecule has 0 unspecified atom stereocenters. The van der Waals surface area contributed by atoms with Crippen LogP contribution in [-0.2, 0) is 17.9 Å². The number of methoxy groups -OCH3 is 1. The van der Waals surface area contributed by atoms with E-state index < -0.39 is 0 Å². The Morgan fingerprint density at radius 2 is 1.76 bits per heavy atom. The number of hydrogen-bond acceptors (Lipinski definition) is 3. The van der Waals surface area contributed by atoms with E-state index in [-0.39, 0.29) is 12.6 Å². The van der Waals surface area contributed by atoms with Crippen LogP contribution in [0.2, 0.25) is 0 Å². The highest BCUT2D eigenvalue weighted by atomic mass is 16.5. The van der Waals surface area contributed by atoms with Crippen molar-refractivity contribution in [2.75, 3.05) is 13.7 Å².